The molecule has 0 spiro atoms. The first kappa shape index (κ1) is 16.4. The van der Waals surface area contributed by atoms with E-state index in [0.717, 1.165) is 24.1 Å². The highest BCUT2D eigenvalue weighted by molar-refractivity contribution is 5.95. The number of amides is 1. The molecule has 24 heavy (non-hydrogen) atoms. The summed E-state index contributed by atoms with van der Waals surface area (Å²) in [7, 11) is 0. The third kappa shape index (κ3) is 3.09. The number of aromatic amines is 1. The van der Waals surface area contributed by atoms with Gasteiger partial charge in [-0.2, -0.15) is 4.98 Å². The molecule has 3 rings (SSSR count). The molecule has 8 nitrogen and oxygen atoms in total. The second-order valence-electron chi connectivity index (χ2n) is 5.94. The smallest absolute Gasteiger partial charge is 0.261 e. The van der Waals surface area contributed by atoms with Crippen molar-refractivity contribution in [3.8, 4) is 0 Å². The molecular formula is C16H20N4O4. The average molecular weight is 332 g/mol. The van der Waals surface area contributed by atoms with E-state index in [9.17, 15) is 9.59 Å². The minimum atomic E-state index is -0.458. The van der Waals surface area contributed by atoms with Gasteiger partial charge in [0, 0.05) is 12.3 Å². The Balaban J connectivity index is 1.70. The third-order valence-corrected chi connectivity index (χ3v) is 4.35. The van der Waals surface area contributed by atoms with Crippen LogP contribution < -0.4 is 10.9 Å². The topological polar surface area (TPSA) is 110 Å². The highest BCUT2D eigenvalue weighted by Crippen LogP contribution is 2.26. The number of pyridine rings is 1. The monoisotopic (exact) mass is 332 g/mol. The highest BCUT2D eigenvalue weighted by atomic mass is 16.5. The van der Waals surface area contributed by atoms with Gasteiger partial charge >= 0.3 is 0 Å². The molecule has 128 valence electrons. The maximum Gasteiger partial charge on any atom is 0.261 e. The van der Waals surface area contributed by atoms with E-state index in [-0.39, 0.29) is 18.2 Å². The van der Waals surface area contributed by atoms with Crippen molar-refractivity contribution >= 4 is 5.91 Å². The Morgan fingerprint density at radius 3 is 2.83 bits per heavy atom. The molecule has 1 aliphatic rings. The van der Waals surface area contributed by atoms with Crippen LogP contribution in [0.1, 0.15) is 57.8 Å². The number of hydrogen-bond donors (Lipinski definition) is 2. The lowest BCUT2D eigenvalue weighted by atomic mass is 10.0. The zero-order valence-corrected chi connectivity index (χ0v) is 13.9. The summed E-state index contributed by atoms with van der Waals surface area (Å²) in [5, 5.41) is 6.50. The van der Waals surface area contributed by atoms with E-state index in [4.69, 9.17) is 9.26 Å². The first-order valence-corrected chi connectivity index (χ1v) is 7.89. The molecule has 1 amide bonds. The molecule has 0 radical (unpaired) electrons. The van der Waals surface area contributed by atoms with Gasteiger partial charge in [0.25, 0.3) is 17.4 Å². The van der Waals surface area contributed by atoms with Crippen molar-refractivity contribution in [3.63, 3.8) is 0 Å². The summed E-state index contributed by atoms with van der Waals surface area (Å²) in [5.74, 6) is 0.323. The first-order valence-electron chi connectivity index (χ1n) is 7.89. The molecule has 1 atom stereocenters. The van der Waals surface area contributed by atoms with Gasteiger partial charge in [-0.05, 0) is 44.7 Å². The molecular weight excluding hydrogens is 312 g/mol. The van der Waals surface area contributed by atoms with E-state index in [0.29, 0.717) is 23.9 Å². The molecule has 1 saturated heterocycles. The van der Waals surface area contributed by atoms with Crippen LogP contribution in [-0.2, 0) is 11.3 Å². The van der Waals surface area contributed by atoms with Crippen LogP contribution in [0.4, 0.5) is 0 Å². The van der Waals surface area contributed by atoms with Gasteiger partial charge in [-0.1, -0.05) is 5.16 Å². The summed E-state index contributed by atoms with van der Waals surface area (Å²) < 4.78 is 10.6. The van der Waals surface area contributed by atoms with Crippen LogP contribution in [0.5, 0.6) is 0 Å². The lowest BCUT2D eigenvalue weighted by Crippen LogP contribution is -2.31. The normalized spacial score (nSPS) is 17.2. The fourth-order valence-electron chi connectivity index (χ4n) is 2.73. The predicted octanol–water partition coefficient (Wildman–Crippen LogP) is 1.46. The summed E-state index contributed by atoms with van der Waals surface area (Å²) >= 11 is 0. The number of nitrogens with zero attached hydrogens (tertiary/aromatic N) is 2. The van der Waals surface area contributed by atoms with Crippen LogP contribution in [0.3, 0.4) is 0 Å². The molecule has 0 bridgehead atoms. The zero-order valence-electron chi connectivity index (χ0n) is 13.9. The first-order chi connectivity index (χ1) is 11.5. The summed E-state index contributed by atoms with van der Waals surface area (Å²) in [5.41, 5.74) is 2.03. The Morgan fingerprint density at radius 1 is 1.33 bits per heavy atom. The number of hydrogen-bond acceptors (Lipinski definition) is 6. The van der Waals surface area contributed by atoms with E-state index >= 15 is 0 Å². The minimum absolute atomic E-state index is 0.0842. The standard InChI is InChI=1S/C16H20N4O4/c1-8-9(2)13(15(22)18-10(8)3)14(21)17-7-12-19-16(24-20-12)11-5-4-6-23-11/h11H,4-7H2,1-3H3,(H,17,21)(H,18,22)/t11-/m0/s1. The number of aryl methyl sites for hydroxylation is 1. The second kappa shape index (κ2) is 6.56. The number of carbonyl (C=O) groups is 1. The van der Waals surface area contributed by atoms with Gasteiger partial charge in [-0.15, -0.1) is 0 Å². The lowest BCUT2D eigenvalue weighted by Gasteiger charge is -2.10. The number of nitrogens with one attached hydrogen (secondary N) is 2. The van der Waals surface area contributed by atoms with Crippen LogP contribution in [0.15, 0.2) is 9.32 Å². The Bertz CT molecular complexity index is 818. The highest BCUT2D eigenvalue weighted by Gasteiger charge is 2.24. The molecule has 8 heteroatoms. The lowest BCUT2D eigenvalue weighted by molar-refractivity contribution is 0.0835. The average Bonchev–Trinajstić information content (AvgIpc) is 3.21. The fraction of sp³-hybridized carbons (Fsp3) is 0.500. The van der Waals surface area contributed by atoms with Gasteiger partial charge in [-0.3, -0.25) is 9.59 Å². The number of rotatable bonds is 4. The summed E-state index contributed by atoms with van der Waals surface area (Å²) in [6.45, 7) is 6.20. The van der Waals surface area contributed by atoms with Crippen LogP contribution in [0.25, 0.3) is 0 Å². The van der Waals surface area contributed by atoms with Crippen LogP contribution in [0.2, 0.25) is 0 Å². The zero-order chi connectivity index (χ0) is 17.3. The van der Waals surface area contributed by atoms with Crippen molar-refractivity contribution in [1.82, 2.24) is 20.4 Å². The van der Waals surface area contributed by atoms with Crippen molar-refractivity contribution < 1.29 is 14.1 Å². The van der Waals surface area contributed by atoms with Crippen molar-refractivity contribution in [2.24, 2.45) is 0 Å². The van der Waals surface area contributed by atoms with Gasteiger partial charge in [0.15, 0.2) is 5.82 Å². The summed E-state index contributed by atoms with van der Waals surface area (Å²) in [4.78, 5) is 31.3. The molecule has 1 aliphatic heterocycles. The predicted molar refractivity (Wildman–Crippen MR) is 84.7 cm³/mol. The quantitative estimate of drug-likeness (QED) is 0.877. The van der Waals surface area contributed by atoms with Gasteiger partial charge in [0.2, 0.25) is 0 Å². The molecule has 2 aromatic rings. The molecule has 2 aromatic heterocycles. The van der Waals surface area contributed by atoms with Crippen molar-refractivity contribution in [2.45, 2.75) is 46.3 Å². The molecule has 3 heterocycles. The van der Waals surface area contributed by atoms with Gasteiger partial charge < -0.3 is 19.6 Å². The molecule has 1 fully saturated rings. The Labute approximate surface area is 138 Å². The molecule has 2 N–H and O–H groups in total. The number of carbonyl (C=O) groups excluding carboxylic acids is 1. The van der Waals surface area contributed by atoms with Crippen LogP contribution in [0, 0.1) is 20.8 Å². The molecule has 0 saturated carbocycles. The SMILES string of the molecule is Cc1[nH]c(=O)c(C(=O)NCc2noc([C@@H]3CCCO3)n2)c(C)c1C. The van der Waals surface area contributed by atoms with E-state index in [1.165, 1.54) is 0 Å². The summed E-state index contributed by atoms with van der Waals surface area (Å²) in [6, 6.07) is 0. The summed E-state index contributed by atoms with van der Waals surface area (Å²) in [6.07, 6.45) is 1.66. The minimum Gasteiger partial charge on any atom is -0.368 e. The number of ether oxygens (including phenoxy) is 1. The largest absolute Gasteiger partial charge is 0.368 e. The van der Waals surface area contributed by atoms with Crippen LogP contribution >= 0.6 is 0 Å². The second-order valence-corrected chi connectivity index (χ2v) is 5.94. The maximum atomic E-state index is 12.3. The van der Waals surface area contributed by atoms with Crippen molar-refractivity contribution in [2.75, 3.05) is 6.61 Å². The molecule has 0 aliphatic carbocycles. The van der Waals surface area contributed by atoms with E-state index in [2.05, 4.69) is 20.4 Å². The number of aromatic nitrogens is 3. The number of H-pyrrole nitrogens is 1. The van der Waals surface area contributed by atoms with Crippen LogP contribution in [-0.4, -0.2) is 27.6 Å². The van der Waals surface area contributed by atoms with E-state index < -0.39 is 11.5 Å². The van der Waals surface area contributed by atoms with Crippen molar-refractivity contribution in [3.05, 3.63) is 44.5 Å². The molecule has 0 aromatic carbocycles. The Hall–Kier alpha value is -2.48. The molecule has 0 unspecified atom stereocenters. The maximum absolute atomic E-state index is 12.3. The Kier molecular flexibility index (Phi) is 4.48. The van der Waals surface area contributed by atoms with Crippen molar-refractivity contribution in [1.29, 1.82) is 0 Å². The third-order valence-electron chi connectivity index (χ3n) is 4.35. The van der Waals surface area contributed by atoms with E-state index in [1.54, 1.807) is 13.8 Å². The van der Waals surface area contributed by atoms with Gasteiger partial charge in [-0.25, -0.2) is 0 Å². The van der Waals surface area contributed by atoms with E-state index in [1.807, 2.05) is 6.92 Å². The van der Waals surface area contributed by atoms with Gasteiger partial charge in [0.1, 0.15) is 11.7 Å². The van der Waals surface area contributed by atoms with Gasteiger partial charge in [0.05, 0.1) is 6.54 Å². The Morgan fingerprint density at radius 2 is 2.12 bits per heavy atom. The fourth-order valence-corrected chi connectivity index (χ4v) is 2.73.